The van der Waals surface area contributed by atoms with Crippen molar-refractivity contribution in [1.29, 1.82) is 0 Å². The fourth-order valence-electron chi connectivity index (χ4n) is 2.61. The molecule has 2 aromatic carbocycles. The molecule has 0 saturated heterocycles. The second-order valence-electron chi connectivity index (χ2n) is 5.73. The van der Waals surface area contributed by atoms with E-state index in [1.807, 2.05) is 48.1 Å². The zero-order chi connectivity index (χ0) is 16.2. The van der Waals surface area contributed by atoms with E-state index >= 15 is 0 Å². The molecule has 3 rings (SSSR count). The maximum absolute atomic E-state index is 9.60. The summed E-state index contributed by atoms with van der Waals surface area (Å²) in [6.07, 6.45) is 1.98. The van der Waals surface area contributed by atoms with Crippen LogP contribution < -0.4 is 5.32 Å². The number of aromatic hydroxyl groups is 1. The second-order valence-corrected chi connectivity index (χ2v) is 5.73. The minimum atomic E-state index is 0.148. The minimum Gasteiger partial charge on any atom is -0.508 e. The number of nitrogens with zero attached hydrogens (tertiary/aromatic N) is 2. The zero-order valence-corrected chi connectivity index (χ0v) is 13.4. The molecule has 1 heterocycles. The summed E-state index contributed by atoms with van der Waals surface area (Å²) < 4.78 is 1.91. The molecular formula is C19H21N3O. The number of hydrogen-bond acceptors (Lipinski definition) is 3. The normalized spacial score (nSPS) is 12.3. The number of para-hydroxylation sites is 1. The highest BCUT2D eigenvalue weighted by Gasteiger charge is 2.09. The van der Waals surface area contributed by atoms with Crippen LogP contribution in [-0.2, 0) is 6.54 Å². The molecule has 0 saturated carbocycles. The van der Waals surface area contributed by atoms with Crippen LogP contribution in [0.4, 0.5) is 0 Å². The molecule has 0 amide bonds. The van der Waals surface area contributed by atoms with E-state index in [0.29, 0.717) is 5.75 Å². The highest BCUT2D eigenvalue weighted by molar-refractivity contribution is 5.40. The zero-order valence-electron chi connectivity index (χ0n) is 13.4. The maximum atomic E-state index is 9.60. The van der Waals surface area contributed by atoms with Crippen LogP contribution in [-0.4, -0.2) is 14.9 Å². The Morgan fingerprint density at radius 2 is 1.96 bits per heavy atom. The second kappa shape index (κ2) is 6.67. The number of benzene rings is 2. The average Bonchev–Trinajstić information content (AvgIpc) is 2.99. The lowest BCUT2D eigenvalue weighted by atomic mass is 10.1. The summed E-state index contributed by atoms with van der Waals surface area (Å²) in [4.78, 5) is 0. The molecule has 4 heteroatoms. The lowest BCUT2D eigenvalue weighted by molar-refractivity contribution is 0.472. The van der Waals surface area contributed by atoms with Crippen molar-refractivity contribution in [2.24, 2.45) is 0 Å². The number of aryl methyl sites for hydroxylation is 1. The van der Waals surface area contributed by atoms with Crippen LogP contribution in [0.5, 0.6) is 5.75 Å². The summed E-state index contributed by atoms with van der Waals surface area (Å²) in [5.41, 5.74) is 4.33. The minimum absolute atomic E-state index is 0.148. The van der Waals surface area contributed by atoms with Gasteiger partial charge in [-0.05, 0) is 49.2 Å². The molecule has 0 bridgehead atoms. The van der Waals surface area contributed by atoms with Gasteiger partial charge >= 0.3 is 0 Å². The molecule has 1 aromatic heterocycles. The molecule has 2 N–H and O–H groups in total. The molecule has 0 aliphatic rings. The van der Waals surface area contributed by atoms with Crippen LogP contribution in [0.25, 0.3) is 5.69 Å². The van der Waals surface area contributed by atoms with Crippen molar-refractivity contribution in [1.82, 2.24) is 15.1 Å². The van der Waals surface area contributed by atoms with E-state index < -0.39 is 0 Å². The molecule has 3 aromatic rings. The fourth-order valence-corrected chi connectivity index (χ4v) is 2.61. The average molecular weight is 307 g/mol. The number of rotatable bonds is 5. The SMILES string of the molecule is Cc1ccn(-c2ccccc2CN[C@@H](C)c2cccc(O)c2)n1. The largest absolute Gasteiger partial charge is 0.508 e. The summed E-state index contributed by atoms with van der Waals surface area (Å²) in [5.74, 6) is 0.295. The van der Waals surface area contributed by atoms with E-state index in [2.05, 4.69) is 29.5 Å². The van der Waals surface area contributed by atoms with E-state index in [0.717, 1.165) is 23.5 Å². The first-order valence-electron chi connectivity index (χ1n) is 7.76. The molecule has 1 atom stereocenters. The summed E-state index contributed by atoms with van der Waals surface area (Å²) in [6.45, 7) is 4.81. The molecule has 0 aliphatic heterocycles. The third kappa shape index (κ3) is 3.60. The highest BCUT2D eigenvalue weighted by Crippen LogP contribution is 2.20. The molecule has 0 fully saturated rings. The van der Waals surface area contributed by atoms with Crippen LogP contribution in [0, 0.1) is 6.92 Å². The van der Waals surface area contributed by atoms with Gasteiger partial charge in [0, 0.05) is 18.8 Å². The van der Waals surface area contributed by atoms with Crippen molar-refractivity contribution in [3.63, 3.8) is 0 Å². The highest BCUT2D eigenvalue weighted by atomic mass is 16.3. The smallest absolute Gasteiger partial charge is 0.115 e. The number of phenolic OH excluding ortho intramolecular Hbond substituents is 1. The first kappa shape index (κ1) is 15.3. The van der Waals surface area contributed by atoms with Gasteiger partial charge in [-0.15, -0.1) is 0 Å². The topological polar surface area (TPSA) is 50.1 Å². The Labute approximate surface area is 136 Å². The van der Waals surface area contributed by atoms with Gasteiger partial charge in [0.25, 0.3) is 0 Å². The van der Waals surface area contributed by atoms with E-state index in [4.69, 9.17) is 0 Å². The number of hydrogen-bond donors (Lipinski definition) is 2. The van der Waals surface area contributed by atoms with Crippen molar-refractivity contribution in [2.75, 3.05) is 0 Å². The van der Waals surface area contributed by atoms with Crippen molar-refractivity contribution in [2.45, 2.75) is 26.4 Å². The molecule has 0 spiro atoms. The van der Waals surface area contributed by atoms with Crippen LogP contribution in [0.3, 0.4) is 0 Å². The molecule has 0 radical (unpaired) electrons. The summed E-state index contributed by atoms with van der Waals surface area (Å²) >= 11 is 0. The van der Waals surface area contributed by atoms with Gasteiger partial charge in [0.05, 0.1) is 11.4 Å². The monoisotopic (exact) mass is 307 g/mol. The third-order valence-corrected chi connectivity index (χ3v) is 3.93. The van der Waals surface area contributed by atoms with Gasteiger partial charge < -0.3 is 10.4 Å². The standard InChI is InChI=1S/C19H21N3O/c1-14-10-11-22(21-14)19-9-4-3-6-17(19)13-20-15(2)16-7-5-8-18(23)12-16/h3-12,15,20,23H,13H2,1-2H3/t15-/m0/s1. The Bertz CT molecular complexity index is 795. The van der Waals surface area contributed by atoms with E-state index in [-0.39, 0.29) is 6.04 Å². The van der Waals surface area contributed by atoms with Gasteiger partial charge in [-0.2, -0.15) is 5.10 Å². The van der Waals surface area contributed by atoms with Gasteiger partial charge in [0.2, 0.25) is 0 Å². The molecule has 0 aliphatic carbocycles. The molecule has 4 nitrogen and oxygen atoms in total. The molecule has 118 valence electrons. The molecule has 0 unspecified atom stereocenters. The van der Waals surface area contributed by atoms with Gasteiger partial charge in [-0.1, -0.05) is 30.3 Å². The first-order valence-corrected chi connectivity index (χ1v) is 7.76. The van der Waals surface area contributed by atoms with Crippen LogP contribution in [0.2, 0.25) is 0 Å². The number of aromatic nitrogens is 2. The van der Waals surface area contributed by atoms with Gasteiger partial charge in [-0.3, -0.25) is 0 Å². The Kier molecular flexibility index (Phi) is 4.44. The predicted octanol–water partition coefficient (Wildman–Crippen LogP) is 3.74. The molecule has 23 heavy (non-hydrogen) atoms. The van der Waals surface area contributed by atoms with Crippen LogP contribution in [0.15, 0.2) is 60.8 Å². The van der Waals surface area contributed by atoms with Gasteiger partial charge in [-0.25, -0.2) is 4.68 Å². The van der Waals surface area contributed by atoms with Crippen molar-refractivity contribution < 1.29 is 5.11 Å². The Hall–Kier alpha value is -2.59. The summed E-state index contributed by atoms with van der Waals surface area (Å²) in [7, 11) is 0. The van der Waals surface area contributed by atoms with Gasteiger partial charge in [0.15, 0.2) is 0 Å². The maximum Gasteiger partial charge on any atom is 0.115 e. The van der Waals surface area contributed by atoms with Crippen LogP contribution >= 0.6 is 0 Å². The number of nitrogens with one attached hydrogen (secondary N) is 1. The van der Waals surface area contributed by atoms with E-state index in [9.17, 15) is 5.11 Å². The summed E-state index contributed by atoms with van der Waals surface area (Å²) in [5, 5.41) is 17.6. The van der Waals surface area contributed by atoms with Crippen molar-refractivity contribution >= 4 is 0 Å². The van der Waals surface area contributed by atoms with Gasteiger partial charge in [0.1, 0.15) is 5.75 Å². The lowest BCUT2D eigenvalue weighted by Crippen LogP contribution is -2.19. The third-order valence-electron chi connectivity index (χ3n) is 3.93. The summed E-state index contributed by atoms with van der Waals surface area (Å²) in [6, 6.07) is 17.7. The lowest BCUT2D eigenvalue weighted by Gasteiger charge is -2.16. The Balaban J connectivity index is 1.76. The van der Waals surface area contributed by atoms with E-state index in [1.54, 1.807) is 12.1 Å². The van der Waals surface area contributed by atoms with Crippen LogP contribution in [0.1, 0.15) is 29.8 Å². The fraction of sp³-hybridized carbons (Fsp3) is 0.211. The van der Waals surface area contributed by atoms with Crippen molar-refractivity contribution in [3.05, 3.63) is 77.6 Å². The van der Waals surface area contributed by atoms with Crippen molar-refractivity contribution in [3.8, 4) is 11.4 Å². The van der Waals surface area contributed by atoms with E-state index in [1.165, 1.54) is 5.56 Å². The molecular weight excluding hydrogens is 286 g/mol. The quantitative estimate of drug-likeness (QED) is 0.755. The Morgan fingerprint density at radius 3 is 2.70 bits per heavy atom. The Morgan fingerprint density at radius 1 is 1.13 bits per heavy atom. The predicted molar refractivity (Wildman–Crippen MR) is 91.7 cm³/mol. The number of phenols is 1. The first-order chi connectivity index (χ1) is 11.1.